The Labute approximate surface area is 170 Å². The second-order valence-electron chi connectivity index (χ2n) is 7.00. The molecule has 0 spiro atoms. The molecule has 0 aliphatic heterocycles. The van der Waals surface area contributed by atoms with Crippen LogP contribution in [0.25, 0.3) is 0 Å². The van der Waals surface area contributed by atoms with Crippen molar-refractivity contribution in [2.45, 2.75) is 52.4 Å². The van der Waals surface area contributed by atoms with Gasteiger partial charge in [0.15, 0.2) is 10.9 Å². The van der Waals surface area contributed by atoms with Crippen molar-refractivity contribution in [3.05, 3.63) is 52.5 Å². The van der Waals surface area contributed by atoms with Gasteiger partial charge >= 0.3 is 0 Å². The number of anilines is 1. The number of unbranched alkanes of at least 4 members (excludes halogenated alkanes) is 1. The Kier molecular flexibility index (Phi) is 6.46. The molecular weight excluding hydrogens is 372 g/mol. The van der Waals surface area contributed by atoms with Crippen LogP contribution < -0.4 is 16.5 Å². The minimum Gasteiger partial charge on any atom is -0.455 e. The van der Waals surface area contributed by atoms with E-state index in [1.165, 1.54) is 12.0 Å². The Morgan fingerprint density at radius 2 is 2.04 bits per heavy atom. The second-order valence-corrected chi connectivity index (χ2v) is 7.44. The summed E-state index contributed by atoms with van der Waals surface area (Å²) >= 11 is 4.82. The van der Waals surface area contributed by atoms with Gasteiger partial charge in [-0.2, -0.15) is 5.10 Å². The van der Waals surface area contributed by atoms with E-state index in [9.17, 15) is 4.79 Å². The maximum absolute atomic E-state index is 12.8. The second kappa shape index (κ2) is 9.01. The Morgan fingerprint density at radius 1 is 1.29 bits per heavy atom. The van der Waals surface area contributed by atoms with E-state index in [1.807, 2.05) is 19.1 Å². The lowest BCUT2D eigenvalue weighted by molar-refractivity contribution is 0.0994. The zero-order valence-corrected chi connectivity index (χ0v) is 17.1. The normalized spacial score (nSPS) is 14.6. The highest BCUT2D eigenvalue weighted by Crippen LogP contribution is 2.30. The van der Waals surface area contributed by atoms with E-state index < -0.39 is 0 Å². The zero-order chi connectivity index (χ0) is 20.1. The molecule has 4 N–H and O–H groups in total. The maximum Gasteiger partial charge on any atom is 0.291 e. The first-order valence-electron chi connectivity index (χ1n) is 9.64. The molecule has 3 rings (SSSR count). The van der Waals surface area contributed by atoms with Gasteiger partial charge in [-0.15, -0.1) is 0 Å². The first-order chi connectivity index (χ1) is 13.5. The molecule has 1 aliphatic rings. The predicted molar refractivity (Wildman–Crippen MR) is 116 cm³/mol. The van der Waals surface area contributed by atoms with Crippen molar-refractivity contribution in [1.29, 1.82) is 0 Å². The number of carbonyl (C=O) groups is 1. The molecule has 0 unspecified atom stereocenters. The van der Waals surface area contributed by atoms with Gasteiger partial charge in [-0.05, 0) is 62.5 Å². The first kappa shape index (κ1) is 20.1. The molecule has 0 fully saturated rings. The number of rotatable bonds is 6. The van der Waals surface area contributed by atoms with Crippen molar-refractivity contribution in [2.24, 2.45) is 10.8 Å². The standard InChI is InChI=1S/C21H26N4O2S/c1-3-4-6-14-9-11-15(12-10-14)23-20(26)19-13(2)18-16(24-25-21(22)28)7-5-8-17(18)27-19/h9-12H,3-8H2,1-2H3,(H,23,26)(H3,22,25,28)/b24-16+. The molecule has 7 heteroatoms. The van der Waals surface area contributed by atoms with Crippen LogP contribution >= 0.6 is 12.2 Å². The third kappa shape index (κ3) is 4.59. The number of aryl methyl sites for hydroxylation is 2. The smallest absolute Gasteiger partial charge is 0.291 e. The Hall–Kier alpha value is -2.67. The molecule has 28 heavy (non-hydrogen) atoms. The number of nitrogens with two attached hydrogens (primary N) is 1. The van der Waals surface area contributed by atoms with Gasteiger partial charge in [0.2, 0.25) is 0 Å². The molecule has 1 aromatic heterocycles. The third-order valence-electron chi connectivity index (χ3n) is 4.86. The van der Waals surface area contributed by atoms with Crippen LogP contribution in [0.1, 0.15) is 65.6 Å². The van der Waals surface area contributed by atoms with E-state index in [4.69, 9.17) is 22.4 Å². The van der Waals surface area contributed by atoms with Gasteiger partial charge in [-0.3, -0.25) is 10.2 Å². The van der Waals surface area contributed by atoms with Gasteiger partial charge in [0, 0.05) is 23.2 Å². The molecular formula is C21H26N4O2S. The monoisotopic (exact) mass is 398 g/mol. The number of thiocarbonyl (C=S) groups is 1. The Balaban J connectivity index is 1.78. The lowest BCUT2D eigenvalue weighted by Crippen LogP contribution is -2.26. The molecule has 148 valence electrons. The molecule has 1 aromatic carbocycles. The van der Waals surface area contributed by atoms with Crippen LogP contribution in [0.5, 0.6) is 0 Å². The average molecular weight is 399 g/mol. The van der Waals surface area contributed by atoms with Crippen LogP contribution in [0, 0.1) is 6.92 Å². The number of amides is 1. The van der Waals surface area contributed by atoms with E-state index in [0.29, 0.717) is 5.76 Å². The predicted octanol–water partition coefficient (Wildman–Crippen LogP) is 4.06. The van der Waals surface area contributed by atoms with Gasteiger partial charge < -0.3 is 15.5 Å². The van der Waals surface area contributed by atoms with Crippen LogP contribution in [0.2, 0.25) is 0 Å². The number of benzene rings is 1. The number of fused-ring (bicyclic) bond motifs is 1. The number of hydrazone groups is 1. The first-order valence-corrected chi connectivity index (χ1v) is 10.0. The molecule has 6 nitrogen and oxygen atoms in total. The largest absolute Gasteiger partial charge is 0.455 e. The van der Waals surface area contributed by atoms with Crippen molar-refractivity contribution in [1.82, 2.24) is 5.43 Å². The molecule has 1 amide bonds. The van der Waals surface area contributed by atoms with Crippen LogP contribution in [0.15, 0.2) is 33.8 Å². The minimum atomic E-state index is -0.255. The van der Waals surface area contributed by atoms with Crippen molar-refractivity contribution in [3.63, 3.8) is 0 Å². The molecule has 0 radical (unpaired) electrons. The molecule has 1 aliphatic carbocycles. The highest BCUT2D eigenvalue weighted by Gasteiger charge is 2.28. The molecule has 0 atom stereocenters. The van der Waals surface area contributed by atoms with Gasteiger partial charge in [-0.1, -0.05) is 25.5 Å². The van der Waals surface area contributed by atoms with Crippen molar-refractivity contribution < 1.29 is 9.21 Å². The van der Waals surface area contributed by atoms with E-state index in [-0.39, 0.29) is 11.0 Å². The van der Waals surface area contributed by atoms with Gasteiger partial charge in [0.25, 0.3) is 5.91 Å². The summed E-state index contributed by atoms with van der Waals surface area (Å²) in [6, 6.07) is 7.97. The summed E-state index contributed by atoms with van der Waals surface area (Å²) in [6.07, 6.45) is 5.84. The molecule has 1 heterocycles. The highest BCUT2D eigenvalue weighted by molar-refractivity contribution is 7.80. The number of furan rings is 1. The van der Waals surface area contributed by atoms with E-state index in [2.05, 4.69) is 34.9 Å². The summed E-state index contributed by atoms with van der Waals surface area (Å²) in [5.41, 5.74) is 12.6. The Bertz CT molecular complexity index is 900. The number of nitrogens with zero attached hydrogens (tertiary/aromatic N) is 1. The van der Waals surface area contributed by atoms with Gasteiger partial charge in [0.05, 0.1) is 5.71 Å². The van der Waals surface area contributed by atoms with E-state index in [0.717, 1.165) is 60.4 Å². The SMILES string of the molecule is CCCCc1ccc(NC(=O)c2oc3c(c2C)/C(=N/NC(N)=S)CCC3)cc1. The van der Waals surface area contributed by atoms with E-state index >= 15 is 0 Å². The number of nitrogens with one attached hydrogen (secondary N) is 2. The van der Waals surface area contributed by atoms with E-state index in [1.54, 1.807) is 0 Å². The number of hydrogen-bond donors (Lipinski definition) is 3. The Morgan fingerprint density at radius 3 is 2.71 bits per heavy atom. The molecule has 2 aromatic rings. The van der Waals surface area contributed by atoms with Crippen LogP contribution in [0.3, 0.4) is 0 Å². The lowest BCUT2D eigenvalue weighted by atomic mass is 9.93. The fraction of sp³-hybridized carbons (Fsp3) is 0.381. The molecule has 0 saturated carbocycles. The number of hydrogen-bond acceptors (Lipinski definition) is 4. The topological polar surface area (TPSA) is 92.6 Å². The quantitative estimate of drug-likeness (QED) is 0.504. The van der Waals surface area contributed by atoms with Crippen LogP contribution in [0.4, 0.5) is 5.69 Å². The van der Waals surface area contributed by atoms with Crippen molar-refractivity contribution in [2.75, 3.05) is 5.32 Å². The molecule has 0 saturated heterocycles. The highest BCUT2D eigenvalue weighted by atomic mass is 32.1. The summed E-state index contributed by atoms with van der Waals surface area (Å²) in [5.74, 6) is 0.854. The van der Waals surface area contributed by atoms with Crippen LogP contribution in [-0.2, 0) is 12.8 Å². The third-order valence-corrected chi connectivity index (χ3v) is 4.96. The summed E-state index contributed by atoms with van der Waals surface area (Å²) in [4.78, 5) is 12.8. The fourth-order valence-corrected chi connectivity index (χ4v) is 3.49. The molecule has 0 bridgehead atoms. The number of carbonyl (C=O) groups excluding carboxylic acids is 1. The van der Waals surface area contributed by atoms with Crippen molar-refractivity contribution in [3.8, 4) is 0 Å². The van der Waals surface area contributed by atoms with Gasteiger partial charge in [-0.25, -0.2) is 0 Å². The van der Waals surface area contributed by atoms with Crippen molar-refractivity contribution >= 4 is 34.6 Å². The maximum atomic E-state index is 12.8. The van der Waals surface area contributed by atoms with Gasteiger partial charge in [0.1, 0.15) is 5.76 Å². The summed E-state index contributed by atoms with van der Waals surface area (Å²) in [5, 5.41) is 7.32. The lowest BCUT2D eigenvalue weighted by Gasteiger charge is -2.13. The average Bonchev–Trinajstić information content (AvgIpc) is 3.03. The minimum absolute atomic E-state index is 0.112. The summed E-state index contributed by atoms with van der Waals surface area (Å²) in [6.45, 7) is 4.06. The fourth-order valence-electron chi connectivity index (χ4n) is 3.44. The zero-order valence-electron chi connectivity index (χ0n) is 16.3. The summed E-state index contributed by atoms with van der Waals surface area (Å²) < 4.78 is 5.90. The summed E-state index contributed by atoms with van der Waals surface area (Å²) in [7, 11) is 0. The van der Waals surface area contributed by atoms with Crippen LogP contribution in [-0.4, -0.2) is 16.7 Å².